The highest BCUT2D eigenvalue weighted by Gasteiger charge is 2.28. The lowest BCUT2D eigenvalue weighted by molar-refractivity contribution is 0.0525. The predicted molar refractivity (Wildman–Crippen MR) is 124 cm³/mol. The van der Waals surface area contributed by atoms with Crippen LogP contribution in [0.15, 0.2) is 23.1 Å². The standard InChI is InChI=1S/C23H31N3O6S/c1-5-31-19-11-10-17(33(29,30)26-12-8-7-9-13-26)14-18(19)25-22(27)21-15(3)20(16(4)24-21)23(28)32-6-2/h10-11,14,24H,5-9,12-13H2,1-4H3,(H,25,27). The van der Waals surface area contributed by atoms with Gasteiger partial charge in [0.25, 0.3) is 5.91 Å². The summed E-state index contributed by atoms with van der Waals surface area (Å²) in [5, 5.41) is 2.75. The Morgan fingerprint density at radius 2 is 1.79 bits per heavy atom. The van der Waals surface area contributed by atoms with Gasteiger partial charge in [-0.15, -0.1) is 0 Å². The van der Waals surface area contributed by atoms with Crippen LogP contribution in [0.4, 0.5) is 5.69 Å². The summed E-state index contributed by atoms with van der Waals surface area (Å²) in [5.74, 6) is -0.665. The lowest BCUT2D eigenvalue weighted by atomic mass is 10.1. The number of rotatable bonds is 8. The molecule has 1 aliphatic rings. The first-order chi connectivity index (χ1) is 15.7. The molecule has 0 spiro atoms. The van der Waals surface area contributed by atoms with E-state index in [-0.39, 0.29) is 22.9 Å². The van der Waals surface area contributed by atoms with E-state index in [1.54, 1.807) is 33.8 Å². The van der Waals surface area contributed by atoms with Gasteiger partial charge >= 0.3 is 5.97 Å². The number of amides is 1. The van der Waals surface area contributed by atoms with Gasteiger partial charge in [0, 0.05) is 18.8 Å². The summed E-state index contributed by atoms with van der Waals surface area (Å²) in [5.41, 5.74) is 1.72. The molecule has 1 saturated heterocycles. The molecule has 0 radical (unpaired) electrons. The number of carbonyl (C=O) groups is 2. The fourth-order valence-corrected chi connectivity index (χ4v) is 5.52. The Morgan fingerprint density at radius 3 is 2.42 bits per heavy atom. The zero-order valence-corrected chi connectivity index (χ0v) is 20.3. The molecule has 2 N–H and O–H groups in total. The molecule has 180 valence electrons. The molecular formula is C23H31N3O6S. The number of hydrogen-bond acceptors (Lipinski definition) is 6. The number of piperidine rings is 1. The third-order valence-corrected chi connectivity index (χ3v) is 7.49. The van der Waals surface area contributed by atoms with E-state index in [0.717, 1.165) is 19.3 Å². The zero-order chi connectivity index (χ0) is 24.2. The average Bonchev–Trinajstić information content (AvgIpc) is 3.09. The monoisotopic (exact) mass is 477 g/mol. The summed E-state index contributed by atoms with van der Waals surface area (Å²) >= 11 is 0. The third-order valence-electron chi connectivity index (χ3n) is 5.60. The molecule has 9 nitrogen and oxygen atoms in total. The van der Waals surface area contributed by atoms with Crippen molar-refractivity contribution in [2.45, 2.75) is 51.9 Å². The molecule has 33 heavy (non-hydrogen) atoms. The number of aryl methyl sites for hydroxylation is 1. The zero-order valence-electron chi connectivity index (χ0n) is 19.5. The van der Waals surface area contributed by atoms with Crippen molar-refractivity contribution in [1.29, 1.82) is 0 Å². The van der Waals surface area contributed by atoms with E-state index >= 15 is 0 Å². The lowest BCUT2D eigenvalue weighted by Gasteiger charge is -2.26. The van der Waals surface area contributed by atoms with Crippen molar-refractivity contribution in [2.75, 3.05) is 31.6 Å². The van der Waals surface area contributed by atoms with E-state index in [9.17, 15) is 18.0 Å². The van der Waals surface area contributed by atoms with Crippen LogP contribution in [0.3, 0.4) is 0 Å². The molecule has 0 aliphatic carbocycles. The molecule has 0 atom stereocenters. The Balaban J connectivity index is 1.94. The van der Waals surface area contributed by atoms with Gasteiger partial charge in [-0.1, -0.05) is 6.42 Å². The molecule has 0 saturated carbocycles. The highest BCUT2D eigenvalue weighted by molar-refractivity contribution is 7.89. The molecular weight excluding hydrogens is 446 g/mol. The van der Waals surface area contributed by atoms with Gasteiger partial charge in [0.05, 0.1) is 29.4 Å². The summed E-state index contributed by atoms with van der Waals surface area (Å²) in [4.78, 5) is 28.4. The number of aromatic amines is 1. The highest BCUT2D eigenvalue weighted by Crippen LogP contribution is 2.31. The quantitative estimate of drug-likeness (QED) is 0.561. The summed E-state index contributed by atoms with van der Waals surface area (Å²) in [6.45, 7) is 8.38. The van der Waals surface area contributed by atoms with Gasteiger partial charge in [-0.25, -0.2) is 13.2 Å². The number of esters is 1. The van der Waals surface area contributed by atoms with Crippen molar-refractivity contribution < 1.29 is 27.5 Å². The summed E-state index contributed by atoms with van der Waals surface area (Å²) < 4.78 is 38.4. The van der Waals surface area contributed by atoms with Gasteiger partial charge in [0.2, 0.25) is 10.0 Å². The first-order valence-corrected chi connectivity index (χ1v) is 12.6. The van der Waals surface area contributed by atoms with Crippen LogP contribution in [0, 0.1) is 13.8 Å². The SMILES string of the molecule is CCOC(=O)c1c(C)[nH]c(C(=O)Nc2cc(S(=O)(=O)N3CCCCC3)ccc2OCC)c1C. The number of anilines is 1. The minimum atomic E-state index is -3.69. The fourth-order valence-electron chi connectivity index (χ4n) is 3.97. The molecule has 3 rings (SSSR count). The number of hydrogen-bond donors (Lipinski definition) is 2. The second-order valence-electron chi connectivity index (χ2n) is 7.86. The minimum Gasteiger partial charge on any atom is -0.492 e. The van der Waals surface area contributed by atoms with E-state index in [2.05, 4.69) is 10.3 Å². The van der Waals surface area contributed by atoms with E-state index in [4.69, 9.17) is 9.47 Å². The normalized spacial score (nSPS) is 14.7. The van der Waals surface area contributed by atoms with Gasteiger partial charge in [0.1, 0.15) is 11.4 Å². The van der Waals surface area contributed by atoms with E-state index in [1.807, 2.05) is 0 Å². The van der Waals surface area contributed by atoms with Crippen LogP contribution >= 0.6 is 0 Å². The predicted octanol–water partition coefficient (Wildman–Crippen LogP) is 3.63. The number of nitrogens with one attached hydrogen (secondary N) is 2. The van der Waals surface area contributed by atoms with Gasteiger partial charge in [-0.2, -0.15) is 4.31 Å². The second kappa shape index (κ2) is 10.4. The maximum absolute atomic E-state index is 13.1. The Labute approximate surface area is 194 Å². The molecule has 1 aliphatic heterocycles. The number of ether oxygens (including phenoxy) is 2. The molecule has 2 heterocycles. The average molecular weight is 478 g/mol. The number of aromatic nitrogens is 1. The van der Waals surface area contributed by atoms with Crippen LogP contribution in [0.5, 0.6) is 5.75 Å². The number of H-pyrrole nitrogens is 1. The third kappa shape index (κ3) is 5.22. The number of benzene rings is 1. The van der Waals surface area contributed by atoms with Crippen LogP contribution < -0.4 is 10.1 Å². The van der Waals surface area contributed by atoms with E-state index in [1.165, 1.54) is 16.4 Å². The second-order valence-corrected chi connectivity index (χ2v) is 9.79. The van der Waals surface area contributed by atoms with Gasteiger partial charge in [-0.05, 0) is 64.3 Å². The minimum absolute atomic E-state index is 0.0924. The van der Waals surface area contributed by atoms with Crippen molar-refractivity contribution in [3.63, 3.8) is 0 Å². The summed E-state index contributed by atoms with van der Waals surface area (Å²) in [7, 11) is -3.69. The molecule has 1 aromatic heterocycles. The summed E-state index contributed by atoms with van der Waals surface area (Å²) in [6, 6.07) is 4.46. The Bertz CT molecular complexity index is 1130. The largest absolute Gasteiger partial charge is 0.492 e. The molecule has 2 aromatic rings. The number of sulfonamides is 1. The first-order valence-electron chi connectivity index (χ1n) is 11.1. The van der Waals surface area contributed by atoms with Crippen LogP contribution in [0.1, 0.15) is 65.2 Å². The highest BCUT2D eigenvalue weighted by atomic mass is 32.2. The first kappa shape index (κ1) is 24.8. The van der Waals surface area contributed by atoms with Gasteiger partial charge in [-0.3, -0.25) is 4.79 Å². The summed E-state index contributed by atoms with van der Waals surface area (Å²) in [6.07, 6.45) is 2.67. The molecule has 1 amide bonds. The van der Waals surface area contributed by atoms with Crippen LogP contribution in [-0.2, 0) is 14.8 Å². The molecule has 1 fully saturated rings. The fraction of sp³-hybridized carbons (Fsp3) is 0.478. The molecule has 0 bridgehead atoms. The van der Waals surface area contributed by atoms with Gasteiger partial charge in [0.15, 0.2) is 0 Å². The van der Waals surface area contributed by atoms with Crippen molar-refractivity contribution >= 4 is 27.6 Å². The number of carbonyl (C=O) groups excluding carboxylic acids is 2. The molecule has 1 aromatic carbocycles. The molecule has 0 unspecified atom stereocenters. The Hall–Kier alpha value is -2.85. The van der Waals surface area contributed by atoms with E-state index in [0.29, 0.717) is 42.3 Å². The topological polar surface area (TPSA) is 118 Å². The van der Waals surface area contributed by atoms with Crippen molar-refractivity contribution in [1.82, 2.24) is 9.29 Å². The molecule has 10 heteroatoms. The van der Waals surface area contributed by atoms with Crippen molar-refractivity contribution in [2.24, 2.45) is 0 Å². The number of nitrogens with zero attached hydrogens (tertiary/aromatic N) is 1. The smallest absolute Gasteiger partial charge is 0.340 e. The van der Waals surface area contributed by atoms with Gasteiger partial charge < -0.3 is 19.8 Å². The van der Waals surface area contributed by atoms with Crippen LogP contribution in [0.25, 0.3) is 0 Å². The lowest BCUT2D eigenvalue weighted by Crippen LogP contribution is -2.35. The Kier molecular flexibility index (Phi) is 7.80. The van der Waals surface area contributed by atoms with Crippen molar-refractivity contribution in [3.05, 3.63) is 40.7 Å². The maximum atomic E-state index is 13.1. The van der Waals surface area contributed by atoms with Crippen LogP contribution in [0.2, 0.25) is 0 Å². The Morgan fingerprint density at radius 1 is 1.09 bits per heavy atom. The van der Waals surface area contributed by atoms with E-state index < -0.39 is 21.9 Å². The maximum Gasteiger partial charge on any atom is 0.340 e. The van der Waals surface area contributed by atoms with Crippen molar-refractivity contribution in [3.8, 4) is 5.75 Å². The van der Waals surface area contributed by atoms with Crippen LogP contribution in [-0.4, -0.2) is 55.9 Å².